The molecule has 5 nitrogen and oxygen atoms in total. The summed E-state index contributed by atoms with van der Waals surface area (Å²) in [6, 6.07) is 6.46. The minimum atomic E-state index is 0.845. The van der Waals surface area contributed by atoms with Gasteiger partial charge in [-0.1, -0.05) is 17.7 Å². The van der Waals surface area contributed by atoms with Gasteiger partial charge in [0.05, 0.1) is 24.6 Å². The minimum Gasteiger partial charge on any atom is -0.379 e. The van der Waals surface area contributed by atoms with Crippen LogP contribution in [0.15, 0.2) is 42.2 Å². The molecule has 1 saturated heterocycles. The molecule has 1 N–H and O–H groups in total. The summed E-state index contributed by atoms with van der Waals surface area (Å²) >= 11 is 0. The van der Waals surface area contributed by atoms with Gasteiger partial charge >= 0.3 is 0 Å². The van der Waals surface area contributed by atoms with Crippen LogP contribution in [-0.2, 0) is 11.2 Å². The third-order valence-electron chi connectivity index (χ3n) is 5.81. The Labute approximate surface area is 166 Å². The summed E-state index contributed by atoms with van der Waals surface area (Å²) in [6.45, 7) is 6.72. The molecule has 1 fully saturated rings. The summed E-state index contributed by atoms with van der Waals surface area (Å²) in [7, 11) is 0. The van der Waals surface area contributed by atoms with Gasteiger partial charge in [-0.25, -0.2) is 0 Å². The molecule has 0 spiro atoms. The van der Waals surface area contributed by atoms with E-state index < -0.39 is 0 Å². The van der Waals surface area contributed by atoms with Crippen molar-refractivity contribution in [1.82, 2.24) is 20.2 Å². The molecule has 0 atom stereocenters. The monoisotopic (exact) mass is 374 g/mol. The zero-order valence-electron chi connectivity index (χ0n) is 16.2. The number of aromatic nitrogens is 2. The SMILES string of the molecule is C1=C(CN2CCOCC2)Cc2ccnc(-c3ccc(C4=CCNCC4)nc3)c21. The van der Waals surface area contributed by atoms with E-state index in [1.54, 1.807) is 0 Å². The van der Waals surface area contributed by atoms with Gasteiger partial charge in [-0.3, -0.25) is 14.9 Å². The van der Waals surface area contributed by atoms with Gasteiger partial charge in [-0.2, -0.15) is 0 Å². The maximum absolute atomic E-state index is 5.47. The quantitative estimate of drug-likeness (QED) is 0.892. The number of hydrogen-bond donors (Lipinski definition) is 1. The molecule has 2 aromatic heterocycles. The van der Waals surface area contributed by atoms with Crippen molar-refractivity contribution >= 4 is 11.6 Å². The average Bonchev–Trinajstić information content (AvgIpc) is 3.18. The fourth-order valence-corrected chi connectivity index (χ4v) is 4.29. The van der Waals surface area contributed by atoms with E-state index in [2.05, 4.69) is 40.6 Å². The average molecular weight is 374 g/mol. The zero-order valence-corrected chi connectivity index (χ0v) is 16.2. The van der Waals surface area contributed by atoms with Gasteiger partial charge < -0.3 is 10.1 Å². The number of pyridine rings is 2. The standard InChI is InChI=1S/C23H26N4O/c1-2-22(18-3-6-24-7-4-18)26-15-20(1)23-21-14-17(13-19(21)5-8-25-23)16-27-9-11-28-12-10-27/h1-3,5,8,14-15,24H,4,6-7,9-13,16H2. The summed E-state index contributed by atoms with van der Waals surface area (Å²) < 4.78 is 5.47. The van der Waals surface area contributed by atoms with E-state index in [-0.39, 0.29) is 0 Å². The molecule has 3 aliphatic rings. The molecule has 0 unspecified atom stereocenters. The lowest BCUT2D eigenvalue weighted by Gasteiger charge is -2.26. The van der Waals surface area contributed by atoms with Crippen molar-refractivity contribution in [3.05, 3.63) is 59.1 Å². The molecule has 4 heterocycles. The van der Waals surface area contributed by atoms with E-state index in [9.17, 15) is 0 Å². The van der Waals surface area contributed by atoms with E-state index in [1.807, 2.05) is 12.4 Å². The molecule has 2 aliphatic heterocycles. The Hall–Kier alpha value is -2.34. The van der Waals surface area contributed by atoms with Crippen molar-refractivity contribution < 1.29 is 4.74 Å². The Bertz CT molecular complexity index is 911. The number of morpholine rings is 1. The molecule has 0 saturated carbocycles. The molecule has 0 amide bonds. The second-order valence-corrected chi connectivity index (χ2v) is 7.72. The lowest BCUT2D eigenvalue weighted by atomic mass is 10.0. The molecule has 5 rings (SSSR count). The normalized spacial score (nSPS) is 19.9. The summed E-state index contributed by atoms with van der Waals surface area (Å²) in [4.78, 5) is 11.9. The topological polar surface area (TPSA) is 50.3 Å². The molecule has 28 heavy (non-hydrogen) atoms. The molecule has 0 radical (unpaired) electrons. The molecule has 0 bridgehead atoms. The highest BCUT2D eigenvalue weighted by molar-refractivity contribution is 5.78. The number of hydrogen-bond acceptors (Lipinski definition) is 5. The van der Waals surface area contributed by atoms with Crippen LogP contribution in [-0.4, -0.2) is 60.8 Å². The lowest BCUT2D eigenvalue weighted by Crippen LogP contribution is -2.37. The van der Waals surface area contributed by atoms with Crippen molar-refractivity contribution in [3.8, 4) is 11.3 Å². The predicted octanol–water partition coefficient (Wildman–Crippen LogP) is 2.79. The predicted molar refractivity (Wildman–Crippen MR) is 112 cm³/mol. The molecule has 5 heteroatoms. The summed E-state index contributed by atoms with van der Waals surface area (Å²) in [5, 5.41) is 3.35. The first-order valence-electron chi connectivity index (χ1n) is 10.2. The maximum atomic E-state index is 5.47. The maximum Gasteiger partial charge on any atom is 0.0792 e. The Kier molecular flexibility index (Phi) is 5.04. The smallest absolute Gasteiger partial charge is 0.0792 e. The number of nitrogens with one attached hydrogen (secondary N) is 1. The largest absolute Gasteiger partial charge is 0.379 e. The number of fused-ring (bicyclic) bond motifs is 1. The molecule has 0 aromatic carbocycles. The van der Waals surface area contributed by atoms with Crippen molar-refractivity contribution in [2.24, 2.45) is 0 Å². The van der Waals surface area contributed by atoms with Gasteiger partial charge in [-0.05, 0) is 48.7 Å². The highest BCUT2D eigenvalue weighted by Crippen LogP contribution is 2.33. The van der Waals surface area contributed by atoms with E-state index in [0.29, 0.717) is 0 Å². The van der Waals surface area contributed by atoms with Crippen LogP contribution >= 0.6 is 0 Å². The third kappa shape index (κ3) is 3.65. The van der Waals surface area contributed by atoms with Crippen molar-refractivity contribution in [2.75, 3.05) is 45.9 Å². The van der Waals surface area contributed by atoms with Crippen LogP contribution in [0.1, 0.15) is 23.2 Å². The first kappa shape index (κ1) is 17.7. The van der Waals surface area contributed by atoms with Crippen LogP contribution in [0.4, 0.5) is 0 Å². The molecule has 2 aromatic rings. The van der Waals surface area contributed by atoms with Crippen molar-refractivity contribution in [1.29, 1.82) is 0 Å². The summed E-state index contributed by atoms with van der Waals surface area (Å²) in [6.07, 6.45) is 10.6. The van der Waals surface area contributed by atoms with Crippen LogP contribution < -0.4 is 5.32 Å². The second-order valence-electron chi connectivity index (χ2n) is 7.72. The van der Waals surface area contributed by atoms with E-state index in [0.717, 1.165) is 75.7 Å². The van der Waals surface area contributed by atoms with E-state index in [1.165, 1.54) is 22.3 Å². The summed E-state index contributed by atoms with van der Waals surface area (Å²) in [5.74, 6) is 0. The minimum absolute atomic E-state index is 0.845. The van der Waals surface area contributed by atoms with Crippen LogP contribution in [0.25, 0.3) is 22.9 Å². The Morgan fingerprint density at radius 3 is 2.82 bits per heavy atom. The fraction of sp³-hybridized carbons (Fsp3) is 0.391. The third-order valence-corrected chi connectivity index (χ3v) is 5.81. The molecule has 144 valence electrons. The summed E-state index contributed by atoms with van der Waals surface area (Å²) in [5.41, 5.74) is 8.67. The molecular weight excluding hydrogens is 348 g/mol. The van der Waals surface area contributed by atoms with Gasteiger partial charge in [0, 0.05) is 49.7 Å². The van der Waals surface area contributed by atoms with Gasteiger partial charge in [0.2, 0.25) is 0 Å². The van der Waals surface area contributed by atoms with E-state index in [4.69, 9.17) is 14.7 Å². The van der Waals surface area contributed by atoms with Gasteiger partial charge in [0.1, 0.15) is 0 Å². The second kappa shape index (κ2) is 7.95. The molecular formula is C23H26N4O. The van der Waals surface area contributed by atoms with Gasteiger partial charge in [-0.15, -0.1) is 0 Å². The Morgan fingerprint density at radius 1 is 1.11 bits per heavy atom. The van der Waals surface area contributed by atoms with E-state index >= 15 is 0 Å². The van der Waals surface area contributed by atoms with Crippen molar-refractivity contribution in [2.45, 2.75) is 12.8 Å². The van der Waals surface area contributed by atoms with Crippen LogP contribution in [0.2, 0.25) is 0 Å². The zero-order chi connectivity index (χ0) is 18.8. The molecule has 1 aliphatic carbocycles. The Balaban J connectivity index is 1.38. The Morgan fingerprint density at radius 2 is 2.04 bits per heavy atom. The highest BCUT2D eigenvalue weighted by atomic mass is 16.5. The first-order chi connectivity index (χ1) is 13.9. The van der Waals surface area contributed by atoms with Crippen molar-refractivity contribution in [3.63, 3.8) is 0 Å². The van der Waals surface area contributed by atoms with Gasteiger partial charge in [0.25, 0.3) is 0 Å². The highest BCUT2D eigenvalue weighted by Gasteiger charge is 2.20. The lowest BCUT2D eigenvalue weighted by molar-refractivity contribution is 0.0422. The van der Waals surface area contributed by atoms with Gasteiger partial charge in [0.15, 0.2) is 0 Å². The fourth-order valence-electron chi connectivity index (χ4n) is 4.29. The number of rotatable bonds is 4. The number of ether oxygens (including phenoxy) is 1. The van der Waals surface area contributed by atoms with Crippen LogP contribution in [0.5, 0.6) is 0 Å². The first-order valence-corrected chi connectivity index (χ1v) is 10.2. The van der Waals surface area contributed by atoms with Crippen LogP contribution in [0.3, 0.4) is 0 Å². The number of nitrogens with zero attached hydrogens (tertiary/aromatic N) is 3. The van der Waals surface area contributed by atoms with Crippen LogP contribution in [0, 0.1) is 0 Å².